The molecule has 21 heavy (non-hydrogen) atoms. The minimum absolute atomic E-state index is 0.348. The standard InChI is InChI=1S/C13H18Cl2N6/c1-20(2)5-6-21-13(10(15)8-18-21)12(19-16)11-4-3-9(14)7-17-11/h3-4,7-8,12,19H,5-6,16H2,1-2H3. The molecule has 8 heteroatoms. The summed E-state index contributed by atoms with van der Waals surface area (Å²) in [5.41, 5.74) is 4.26. The van der Waals surface area contributed by atoms with Crippen molar-refractivity contribution in [2.24, 2.45) is 5.84 Å². The summed E-state index contributed by atoms with van der Waals surface area (Å²) in [4.78, 5) is 6.37. The van der Waals surface area contributed by atoms with Crippen LogP contribution < -0.4 is 11.3 Å². The maximum Gasteiger partial charge on any atom is 0.106 e. The Morgan fingerprint density at radius 3 is 2.67 bits per heavy atom. The zero-order valence-electron chi connectivity index (χ0n) is 11.9. The highest BCUT2D eigenvalue weighted by Crippen LogP contribution is 2.27. The summed E-state index contributed by atoms with van der Waals surface area (Å²) in [7, 11) is 4.01. The first-order valence-corrected chi connectivity index (χ1v) is 7.22. The van der Waals surface area contributed by atoms with Crippen LogP contribution in [0.5, 0.6) is 0 Å². The number of nitrogens with zero attached hydrogens (tertiary/aromatic N) is 4. The van der Waals surface area contributed by atoms with Gasteiger partial charge in [-0.15, -0.1) is 0 Å². The van der Waals surface area contributed by atoms with E-state index in [1.807, 2.05) is 24.8 Å². The Labute approximate surface area is 133 Å². The van der Waals surface area contributed by atoms with Crippen molar-refractivity contribution in [2.75, 3.05) is 20.6 Å². The van der Waals surface area contributed by atoms with Gasteiger partial charge in [-0.1, -0.05) is 23.2 Å². The van der Waals surface area contributed by atoms with Crippen LogP contribution in [-0.2, 0) is 6.54 Å². The summed E-state index contributed by atoms with van der Waals surface area (Å²) in [6.07, 6.45) is 3.20. The van der Waals surface area contributed by atoms with E-state index in [0.29, 0.717) is 16.6 Å². The van der Waals surface area contributed by atoms with Gasteiger partial charge >= 0.3 is 0 Å². The van der Waals surface area contributed by atoms with Gasteiger partial charge in [0.25, 0.3) is 0 Å². The second-order valence-electron chi connectivity index (χ2n) is 4.91. The van der Waals surface area contributed by atoms with Crippen molar-refractivity contribution in [2.45, 2.75) is 12.6 Å². The minimum Gasteiger partial charge on any atom is -0.308 e. The van der Waals surface area contributed by atoms with Crippen LogP contribution in [-0.4, -0.2) is 40.3 Å². The molecule has 1 unspecified atom stereocenters. The van der Waals surface area contributed by atoms with E-state index in [9.17, 15) is 0 Å². The number of rotatable bonds is 6. The van der Waals surface area contributed by atoms with Gasteiger partial charge in [0.05, 0.1) is 34.2 Å². The van der Waals surface area contributed by atoms with Gasteiger partial charge in [0.15, 0.2) is 0 Å². The normalized spacial score (nSPS) is 12.9. The third-order valence-corrected chi connectivity index (χ3v) is 3.59. The second-order valence-corrected chi connectivity index (χ2v) is 5.75. The van der Waals surface area contributed by atoms with E-state index in [-0.39, 0.29) is 6.04 Å². The molecule has 2 aromatic heterocycles. The predicted molar refractivity (Wildman–Crippen MR) is 84.2 cm³/mol. The zero-order chi connectivity index (χ0) is 15.4. The Kier molecular flexibility index (Phi) is 5.55. The predicted octanol–water partition coefficient (Wildman–Crippen LogP) is 1.70. The number of nitrogens with one attached hydrogen (secondary N) is 1. The first kappa shape index (κ1) is 16.2. The molecular weight excluding hydrogens is 311 g/mol. The molecule has 114 valence electrons. The Balaban J connectivity index is 2.33. The van der Waals surface area contributed by atoms with Crippen molar-refractivity contribution in [1.82, 2.24) is 25.1 Å². The first-order chi connectivity index (χ1) is 10.0. The molecule has 0 aliphatic carbocycles. The number of pyridine rings is 1. The van der Waals surface area contributed by atoms with Crippen LogP contribution in [0.1, 0.15) is 17.4 Å². The molecule has 2 rings (SSSR count). The monoisotopic (exact) mass is 328 g/mol. The Morgan fingerprint density at radius 1 is 1.33 bits per heavy atom. The Hall–Kier alpha value is -1.18. The fourth-order valence-electron chi connectivity index (χ4n) is 1.99. The minimum atomic E-state index is -0.348. The van der Waals surface area contributed by atoms with Crippen molar-refractivity contribution in [1.29, 1.82) is 0 Å². The van der Waals surface area contributed by atoms with E-state index in [1.54, 1.807) is 18.5 Å². The smallest absolute Gasteiger partial charge is 0.106 e. The SMILES string of the molecule is CN(C)CCn1ncc(Cl)c1C(NN)c1ccc(Cl)cn1. The van der Waals surface area contributed by atoms with Crippen molar-refractivity contribution in [3.63, 3.8) is 0 Å². The van der Waals surface area contributed by atoms with Gasteiger partial charge in [-0.05, 0) is 26.2 Å². The average molecular weight is 329 g/mol. The molecular formula is C13H18Cl2N6. The average Bonchev–Trinajstić information content (AvgIpc) is 2.81. The highest BCUT2D eigenvalue weighted by Gasteiger charge is 2.22. The molecule has 0 saturated carbocycles. The van der Waals surface area contributed by atoms with Gasteiger partial charge in [0.2, 0.25) is 0 Å². The van der Waals surface area contributed by atoms with Crippen LogP contribution >= 0.6 is 23.2 Å². The lowest BCUT2D eigenvalue weighted by Crippen LogP contribution is -2.32. The van der Waals surface area contributed by atoms with Crippen LogP contribution in [0.2, 0.25) is 10.0 Å². The molecule has 6 nitrogen and oxygen atoms in total. The molecule has 2 aromatic rings. The van der Waals surface area contributed by atoms with Crippen LogP contribution in [0.25, 0.3) is 0 Å². The van der Waals surface area contributed by atoms with Crippen LogP contribution in [0.4, 0.5) is 0 Å². The summed E-state index contributed by atoms with van der Waals surface area (Å²) in [5, 5.41) is 5.43. The van der Waals surface area contributed by atoms with Gasteiger partial charge < -0.3 is 4.90 Å². The van der Waals surface area contributed by atoms with Crippen molar-refractivity contribution >= 4 is 23.2 Å². The van der Waals surface area contributed by atoms with Gasteiger partial charge in [0, 0.05) is 12.7 Å². The van der Waals surface area contributed by atoms with Gasteiger partial charge in [-0.3, -0.25) is 15.5 Å². The van der Waals surface area contributed by atoms with E-state index >= 15 is 0 Å². The summed E-state index contributed by atoms with van der Waals surface area (Å²) in [6.45, 7) is 1.55. The number of halogens is 2. The van der Waals surface area contributed by atoms with E-state index < -0.39 is 0 Å². The second kappa shape index (κ2) is 7.20. The van der Waals surface area contributed by atoms with Crippen molar-refractivity contribution in [3.05, 3.63) is 46.0 Å². The van der Waals surface area contributed by atoms with Gasteiger partial charge in [0.1, 0.15) is 6.04 Å². The fourth-order valence-corrected chi connectivity index (χ4v) is 2.36. The third kappa shape index (κ3) is 3.93. The number of nitrogens with two attached hydrogens (primary N) is 1. The molecule has 3 N–H and O–H groups in total. The summed E-state index contributed by atoms with van der Waals surface area (Å²) < 4.78 is 1.84. The number of hydrogen-bond acceptors (Lipinski definition) is 5. The lowest BCUT2D eigenvalue weighted by atomic mass is 10.1. The summed E-state index contributed by atoms with van der Waals surface area (Å²) >= 11 is 12.1. The number of hydrogen-bond donors (Lipinski definition) is 2. The van der Waals surface area contributed by atoms with E-state index in [4.69, 9.17) is 29.0 Å². The molecule has 0 fully saturated rings. The maximum absolute atomic E-state index is 6.27. The summed E-state index contributed by atoms with van der Waals surface area (Å²) in [6, 6.07) is 3.23. The zero-order valence-corrected chi connectivity index (χ0v) is 13.4. The molecule has 2 heterocycles. The largest absolute Gasteiger partial charge is 0.308 e. The molecule has 0 aromatic carbocycles. The molecule has 0 spiro atoms. The molecule has 0 aliphatic heterocycles. The topological polar surface area (TPSA) is 72.0 Å². The molecule has 0 saturated heterocycles. The van der Waals surface area contributed by atoms with Crippen LogP contribution in [0, 0.1) is 0 Å². The van der Waals surface area contributed by atoms with E-state index in [2.05, 4.69) is 20.4 Å². The molecule has 1 atom stereocenters. The molecule has 0 aliphatic rings. The highest BCUT2D eigenvalue weighted by molar-refractivity contribution is 6.31. The van der Waals surface area contributed by atoms with Gasteiger partial charge in [-0.2, -0.15) is 5.10 Å². The van der Waals surface area contributed by atoms with Crippen LogP contribution in [0.15, 0.2) is 24.5 Å². The number of aromatic nitrogens is 3. The fraction of sp³-hybridized carbons (Fsp3) is 0.385. The van der Waals surface area contributed by atoms with Crippen molar-refractivity contribution < 1.29 is 0 Å². The maximum atomic E-state index is 6.27. The number of hydrazine groups is 1. The Bertz CT molecular complexity index is 581. The first-order valence-electron chi connectivity index (χ1n) is 6.46. The quantitative estimate of drug-likeness (QED) is 0.623. The van der Waals surface area contributed by atoms with Crippen LogP contribution in [0.3, 0.4) is 0 Å². The molecule has 0 radical (unpaired) electrons. The molecule has 0 bridgehead atoms. The summed E-state index contributed by atoms with van der Waals surface area (Å²) in [5.74, 6) is 5.69. The van der Waals surface area contributed by atoms with Gasteiger partial charge in [-0.25, -0.2) is 5.43 Å². The number of likely N-dealkylation sites (N-methyl/N-ethyl adjacent to an activating group) is 1. The van der Waals surface area contributed by atoms with E-state index in [1.165, 1.54) is 0 Å². The van der Waals surface area contributed by atoms with Crippen molar-refractivity contribution in [3.8, 4) is 0 Å². The lowest BCUT2D eigenvalue weighted by molar-refractivity contribution is 0.365. The third-order valence-electron chi connectivity index (χ3n) is 3.08. The van der Waals surface area contributed by atoms with E-state index in [0.717, 1.165) is 17.9 Å². The lowest BCUT2D eigenvalue weighted by Gasteiger charge is -2.19. The highest BCUT2D eigenvalue weighted by atomic mass is 35.5. The Morgan fingerprint density at radius 2 is 2.10 bits per heavy atom. The molecule has 0 amide bonds.